The molecule has 1 aliphatic rings. The minimum atomic E-state index is 0.169. The van der Waals surface area contributed by atoms with Crippen LogP contribution in [0.4, 0.5) is 0 Å². The number of ether oxygens (including phenoxy) is 1. The molecule has 0 bridgehead atoms. The van der Waals surface area contributed by atoms with Gasteiger partial charge in [0.15, 0.2) is 0 Å². The van der Waals surface area contributed by atoms with Crippen LogP contribution in [-0.4, -0.2) is 52.1 Å². The molecule has 2 aromatic heterocycles. The van der Waals surface area contributed by atoms with E-state index < -0.39 is 0 Å². The number of rotatable bonds is 6. The average molecular weight is 328 g/mol. The first-order chi connectivity index (χ1) is 11.8. The van der Waals surface area contributed by atoms with E-state index in [4.69, 9.17) is 4.74 Å². The third kappa shape index (κ3) is 4.00. The van der Waals surface area contributed by atoms with Crippen molar-refractivity contribution in [2.45, 2.75) is 31.7 Å². The standard InChI is InChI=1S/C18H24N4O2/c1-24-11-10-21-9-7-20-18(21)16-5-3-8-22(14-16)17(23)12-15-4-2-6-19-13-15/h2,4,6-7,9,13,16H,3,5,8,10-12,14H2,1H3/t16-/m0/s1. The van der Waals surface area contributed by atoms with Crippen molar-refractivity contribution in [3.05, 3.63) is 48.3 Å². The van der Waals surface area contributed by atoms with Gasteiger partial charge in [-0.25, -0.2) is 4.98 Å². The van der Waals surface area contributed by atoms with Gasteiger partial charge in [0.2, 0.25) is 5.91 Å². The highest BCUT2D eigenvalue weighted by Crippen LogP contribution is 2.26. The van der Waals surface area contributed by atoms with Crippen LogP contribution in [0.15, 0.2) is 36.9 Å². The molecule has 1 fully saturated rings. The van der Waals surface area contributed by atoms with E-state index in [2.05, 4.69) is 14.5 Å². The van der Waals surface area contributed by atoms with Gasteiger partial charge in [0.25, 0.3) is 0 Å². The van der Waals surface area contributed by atoms with E-state index in [-0.39, 0.29) is 5.91 Å². The topological polar surface area (TPSA) is 60.2 Å². The van der Waals surface area contributed by atoms with Crippen molar-refractivity contribution in [3.63, 3.8) is 0 Å². The van der Waals surface area contributed by atoms with Gasteiger partial charge >= 0.3 is 0 Å². The number of likely N-dealkylation sites (tertiary alicyclic amines) is 1. The Balaban J connectivity index is 1.64. The summed E-state index contributed by atoms with van der Waals surface area (Å²) >= 11 is 0. The minimum Gasteiger partial charge on any atom is -0.383 e. The van der Waals surface area contributed by atoms with Crippen molar-refractivity contribution in [1.82, 2.24) is 19.4 Å². The molecule has 3 heterocycles. The molecule has 6 nitrogen and oxygen atoms in total. The van der Waals surface area contributed by atoms with Gasteiger partial charge in [0.1, 0.15) is 5.82 Å². The van der Waals surface area contributed by atoms with Crippen LogP contribution < -0.4 is 0 Å². The zero-order chi connectivity index (χ0) is 16.8. The first kappa shape index (κ1) is 16.6. The summed E-state index contributed by atoms with van der Waals surface area (Å²) in [6.45, 7) is 3.03. The fourth-order valence-corrected chi connectivity index (χ4v) is 3.26. The SMILES string of the molecule is COCCn1ccnc1[C@H]1CCCN(C(=O)Cc2cccnc2)C1. The molecule has 0 aliphatic carbocycles. The monoisotopic (exact) mass is 328 g/mol. The first-order valence-electron chi connectivity index (χ1n) is 8.44. The average Bonchev–Trinajstić information content (AvgIpc) is 3.09. The van der Waals surface area contributed by atoms with Crippen molar-refractivity contribution >= 4 is 5.91 Å². The van der Waals surface area contributed by atoms with Crippen LogP contribution >= 0.6 is 0 Å². The maximum absolute atomic E-state index is 12.6. The highest BCUT2D eigenvalue weighted by atomic mass is 16.5. The molecule has 0 saturated carbocycles. The molecule has 0 spiro atoms. The summed E-state index contributed by atoms with van der Waals surface area (Å²) < 4.78 is 7.31. The Morgan fingerprint density at radius 2 is 2.33 bits per heavy atom. The lowest BCUT2D eigenvalue weighted by Crippen LogP contribution is -2.40. The first-order valence-corrected chi connectivity index (χ1v) is 8.44. The molecule has 3 rings (SSSR count). The van der Waals surface area contributed by atoms with Gasteiger partial charge in [-0.15, -0.1) is 0 Å². The van der Waals surface area contributed by atoms with E-state index in [0.29, 0.717) is 18.9 Å². The van der Waals surface area contributed by atoms with Gasteiger partial charge in [-0.1, -0.05) is 6.07 Å². The van der Waals surface area contributed by atoms with Crippen LogP contribution in [0.5, 0.6) is 0 Å². The molecule has 128 valence electrons. The van der Waals surface area contributed by atoms with E-state index in [1.54, 1.807) is 19.5 Å². The molecular formula is C18H24N4O2. The van der Waals surface area contributed by atoms with Gasteiger partial charge in [0, 0.05) is 57.4 Å². The number of aromatic nitrogens is 3. The number of hydrogen-bond acceptors (Lipinski definition) is 4. The van der Waals surface area contributed by atoms with Crippen LogP contribution in [0.1, 0.15) is 30.1 Å². The highest BCUT2D eigenvalue weighted by Gasteiger charge is 2.27. The zero-order valence-corrected chi connectivity index (χ0v) is 14.1. The molecule has 0 radical (unpaired) electrons. The largest absolute Gasteiger partial charge is 0.383 e. The van der Waals surface area contributed by atoms with E-state index in [9.17, 15) is 4.79 Å². The quantitative estimate of drug-likeness (QED) is 0.812. The number of carbonyl (C=O) groups is 1. The Morgan fingerprint density at radius 1 is 1.42 bits per heavy atom. The minimum absolute atomic E-state index is 0.169. The lowest BCUT2D eigenvalue weighted by atomic mass is 9.96. The van der Waals surface area contributed by atoms with Gasteiger partial charge in [-0.2, -0.15) is 0 Å². The summed E-state index contributed by atoms with van der Waals surface area (Å²) in [7, 11) is 1.70. The Kier molecular flexibility index (Phi) is 5.59. The van der Waals surface area contributed by atoms with E-state index >= 15 is 0 Å². The van der Waals surface area contributed by atoms with Gasteiger partial charge < -0.3 is 14.2 Å². The fraction of sp³-hybridized carbons (Fsp3) is 0.500. The predicted octanol–water partition coefficient (Wildman–Crippen LogP) is 1.87. The summed E-state index contributed by atoms with van der Waals surface area (Å²) in [5.74, 6) is 1.53. The second kappa shape index (κ2) is 8.06. The van der Waals surface area contributed by atoms with Crippen LogP contribution in [-0.2, 0) is 22.5 Å². The molecule has 0 N–H and O–H groups in total. The lowest BCUT2D eigenvalue weighted by molar-refractivity contribution is -0.131. The highest BCUT2D eigenvalue weighted by molar-refractivity contribution is 5.78. The Morgan fingerprint density at radius 3 is 3.12 bits per heavy atom. The molecule has 24 heavy (non-hydrogen) atoms. The molecule has 0 unspecified atom stereocenters. The van der Waals surface area contributed by atoms with E-state index in [0.717, 1.165) is 43.9 Å². The fourth-order valence-electron chi connectivity index (χ4n) is 3.26. The number of pyridine rings is 1. The van der Waals surface area contributed by atoms with Gasteiger partial charge in [-0.05, 0) is 24.5 Å². The summed E-state index contributed by atoms with van der Waals surface area (Å²) in [5.41, 5.74) is 0.964. The smallest absolute Gasteiger partial charge is 0.227 e. The van der Waals surface area contributed by atoms with Crippen LogP contribution in [0.25, 0.3) is 0 Å². The van der Waals surface area contributed by atoms with Crippen LogP contribution in [0.3, 0.4) is 0 Å². The summed E-state index contributed by atoms with van der Waals surface area (Å²) in [5, 5.41) is 0. The molecule has 2 aromatic rings. The van der Waals surface area contributed by atoms with E-state index in [1.807, 2.05) is 29.4 Å². The molecule has 1 saturated heterocycles. The molecule has 1 atom stereocenters. The van der Waals surface area contributed by atoms with E-state index in [1.165, 1.54) is 0 Å². The lowest BCUT2D eigenvalue weighted by Gasteiger charge is -2.32. The van der Waals surface area contributed by atoms with Crippen LogP contribution in [0, 0.1) is 0 Å². The van der Waals surface area contributed by atoms with Gasteiger partial charge in [-0.3, -0.25) is 9.78 Å². The van der Waals surface area contributed by atoms with Crippen molar-refractivity contribution < 1.29 is 9.53 Å². The number of piperidine rings is 1. The predicted molar refractivity (Wildman–Crippen MR) is 90.6 cm³/mol. The Bertz CT molecular complexity index is 656. The molecule has 1 aliphatic heterocycles. The summed E-state index contributed by atoms with van der Waals surface area (Å²) in [6, 6.07) is 3.82. The normalized spacial score (nSPS) is 17.9. The Hall–Kier alpha value is -2.21. The second-order valence-corrected chi connectivity index (χ2v) is 6.19. The molecular weight excluding hydrogens is 304 g/mol. The van der Waals surface area contributed by atoms with Crippen LogP contribution in [0.2, 0.25) is 0 Å². The zero-order valence-electron chi connectivity index (χ0n) is 14.1. The molecule has 6 heteroatoms. The maximum atomic E-state index is 12.6. The molecule has 0 aromatic carbocycles. The Labute approximate surface area is 142 Å². The van der Waals surface area contributed by atoms with Gasteiger partial charge in [0.05, 0.1) is 13.0 Å². The van der Waals surface area contributed by atoms with Crippen molar-refractivity contribution in [2.75, 3.05) is 26.8 Å². The number of imidazole rings is 1. The van der Waals surface area contributed by atoms with Crippen molar-refractivity contribution in [1.29, 1.82) is 0 Å². The third-order valence-corrected chi connectivity index (χ3v) is 4.50. The maximum Gasteiger partial charge on any atom is 0.227 e. The van der Waals surface area contributed by atoms with Crippen molar-refractivity contribution in [2.24, 2.45) is 0 Å². The number of amides is 1. The second-order valence-electron chi connectivity index (χ2n) is 6.19. The number of nitrogens with zero attached hydrogens (tertiary/aromatic N) is 4. The number of carbonyl (C=O) groups excluding carboxylic acids is 1. The number of hydrogen-bond donors (Lipinski definition) is 0. The third-order valence-electron chi connectivity index (χ3n) is 4.50. The summed E-state index contributed by atoms with van der Waals surface area (Å²) in [6.07, 6.45) is 9.81. The number of methoxy groups -OCH3 is 1. The molecule has 1 amide bonds. The summed E-state index contributed by atoms with van der Waals surface area (Å²) in [4.78, 5) is 23.2. The van der Waals surface area contributed by atoms with Crippen molar-refractivity contribution in [3.8, 4) is 0 Å².